The molecule has 1 amide bonds. The van der Waals surface area contributed by atoms with Crippen LogP contribution in [-0.4, -0.2) is 16.1 Å². The fourth-order valence-corrected chi connectivity index (χ4v) is 5.95. The van der Waals surface area contributed by atoms with E-state index in [1.807, 2.05) is 121 Å². The fraction of sp³-hybridized carbons (Fsp3) is 0.0312. The van der Waals surface area contributed by atoms with E-state index in [1.54, 1.807) is 4.90 Å². The Morgan fingerprint density at radius 2 is 1.65 bits per heavy atom. The van der Waals surface area contributed by atoms with E-state index in [2.05, 4.69) is 0 Å². The molecule has 1 aliphatic heterocycles. The monoisotopic (exact) mass is 579 g/mol. The minimum Gasteiger partial charge on any atom is -0.489 e. The number of amides is 1. The Labute approximate surface area is 245 Å². The van der Waals surface area contributed by atoms with E-state index in [1.165, 1.54) is 23.1 Å². The molecule has 5 aromatic rings. The Morgan fingerprint density at radius 1 is 0.900 bits per heavy atom. The van der Waals surface area contributed by atoms with Gasteiger partial charge in [-0.3, -0.25) is 9.69 Å². The van der Waals surface area contributed by atoms with Gasteiger partial charge in [0, 0.05) is 16.0 Å². The highest BCUT2D eigenvalue weighted by Crippen LogP contribution is 2.38. The molecular formula is C32H22ClN3O2S2. The molecule has 1 saturated heterocycles. The molecule has 0 N–H and O–H groups in total. The first-order valence-corrected chi connectivity index (χ1v) is 14.6. The quantitative estimate of drug-likeness (QED) is 0.181. The second kappa shape index (κ2) is 11.9. The molecule has 0 atom stereocenters. The van der Waals surface area contributed by atoms with Crippen molar-refractivity contribution in [1.82, 2.24) is 4.98 Å². The second-order valence-corrected chi connectivity index (χ2v) is 11.1. The summed E-state index contributed by atoms with van der Waals surface area (Å²) in [7, 11) is 0. The zero-order valence-corrected chi connectivity index (χ0v) is 23.5. The van der Waals surface area contributed by atoms with Crippen LogP contribution in [0.5, 0.6) is 5.75 Å². The van der Waals surface area contributed by atoms with Crippen molar-refractivity contribution < 1.29 is 9.53 Å². The molecule has 1 aliphatic rings. The maximum atomic E-state index is 13.7. The van der Waals surface area contributed by atoms with E-state index in [0.29, 0.717) is 32.6 Å². The Hall–Kier alpha value is -4.17. The van der Waals surface area contributed by atoms with Gasteiger partial charge in [0.25, 0.3) is 5.91 Å². The fourth-order valence-electron chi connectivity index (χ4n) is 4.09. The number of thioether (sulfide) groups is 1. The molecular weight excluding hydrogens is 558 g/mol. The summed E-state index contributed by atoms with van der Waals surface area (Å²) in [5.41, 5.74) is 4.52. The number of carbonyl (C=O) groups excluding carboxylic acids is 1. The molecule has 0 aliphatic carbocycles. The third-order valence-electron chi connectivity index (χ3n) is 6.05. The van der Waals surface area contributed by atoms with Gasteiger partial charge in [0.15, 0.2) is 5.17 Å². The molecule has 8 heteroatoms. The van der Waals surface area contributed by atoms with Crippen LogP contribution in [0.25, 0.3) is 17.3 Å². The van der Waals surface area contributed by atoms with E-state index in [0.717, 1.165) is 28.1 Å². The first-order chi connectivity index (χ1) is 19.6. The Morgan fingerprint density at radius 3 is 2.42 bits per heavy atom. The minimum atomic E-state index is -0.137. The number of hydrogen-bond acceptors (Lipinski definition) is 6. The summed E-state index contributed by atoms with van der Waals surface area (Å²) < 4.78 is 5.99. The van der Waals surface area contributed by atoms with Gasteiger partial charge in [0.2, 0.25) is 5.13 Å². The van der Waals surface area contributed by atoms with Crippen molar-refractivity contribution in [3.8, 4) is 17.0 Å². The molecule has 6 rings (SSSR count). The number of para-hydroxylation sites is 1. The molecule has 40 heavy (non-hydrogen) atoms. The van der Waals surface area contributed by atoms with Gasteiger partial charge in [-0.2, -0.15) is 4.99 Å². The van der Waals surface area contributed by atoms with Gasteiger partial charge in [-0.05, 0) is 65.4 Å². The van der Waals surface area contributed by atoms with Gasteiger partial charge in [-0.1, -0.05) is 84.4 Å². The van der Waals surface area contributed by atoms with Gasteiger partial charge in [0.05, 0.1) is 16.3 Å². The van der Waals surface area contributed by atoms with Crippen LogP contribution in [0.15, 0.2) is 124 Å². The van der Waals surface area contributed by atoms with Crippen molar-refractivity contribution in [1.29, 1.82) is 0 Å². The number of carbonyl (C=O) groups is 1. The number of rotatable bonds is 7. The number of halogens is 1. The number of aliphatic imine (C=N–C) groups is 1. The van der Waals surface area contributed by atoms with Crippen molar-refractivity contribution >= 4 is 62.7 Å². The summed E-state index contributed by atoms with van der Waals surface area (Å²) in [5.74, 6) is 0.576. The molecule has 5 nitrogen and oxygen atoms in total. The zero-order valence-electron chi connectivity index (χ0n) is 21.1. The predicted octanol–water partition coefficient (Wildman–Crippen LogP) is 8.85. The summed E-state index contributed by atoms with van der Waals surface area (Å²) in [4.78, 5) is 25.4. The van der Waals surface area contributed by atoms with Crippen molar-refractivity contribution in [2.75, 3.05) is 4.90 Å². The largest absolute Gasteiger partial charge is 0.489 e. The topological polar surface area (TPSA) is 54.8 Å². The molecule has 0 saturated carbocycles. The lowest BCUT2D eigenvalue weighted by Crippen LogP contribution is -2.28. The smallest absolute Gasteiger partial charge is 0.271 e. The number of nitrogens with zero attached hydrogens (tertiary/aromatic N) is 3. The van der Waals surface area contributed by atoms with Crippen LogP contribution < -0.4 is 9.64 Å². The molecule has 1 aromatic heterocycles. The Kier molecular flexibility index (Phi) is 7.77. The average Bonchev–Trinajstić information content (AvgIpc) is 3.58. The summed E-state index contributed by atoms with van der Waals surface area (Å²) in [5, 5.41) is 3.82. The summed E-state index contributed by atoms with van der Waals surface area (Å²) >= 11 is 8.76. The number of amidine groups is 1. The van der Waals surface area contributed by atoms with Crippen LogP contribution in [0.1, 0.15) is 11.1 Å². The first kappa shape index (κ1) is 26.1. The molecule has 0 unspecified atom stereocenters. The number of benzene rings is 4. The third-order valence-corrected chi connectivity index (χ3v) is 8.00. The standard InChI is InChI=1S/C32H22ClN3O2S2/c33-25-16-14-22(15-17-25)20-38-27-13-7-8-23(18-27)19-29-30(37)36(26-11-5-2-6-12-26)32(40-29)35-31-34-28(21-39-31)24-9-3-1-4-10-24/h1-19,21H,20H2/b29-19-,35-32+. The first-order valence-electron chi connectivity index (χ1n) is 12.5. The zero-order chi connectivity index (χ0) is 27.3. The molecule has 0 radical (unpaired) electrons. The van der Waals surface area contributed by atoms with Crippen molar-refractivity contribution in [2.24, 2.45) is 4.99 Å². The van der Waals surface area contributed by atoms with Crippen LogP contribution in [0, 0.1) is 0 Å². The highest BCUT2D eigenvalue weighted by Gasteiger charge is 2.35. The van der Waals surface area contributed by atoms with Crippen LogP contribution in [0.3, 0.4) is 0 Å². The molecule has 0 spiro atoms. The van der Waals surface area contributed by atoms with Gasteiger partial charge >= 0.3 is 0 Å². The van der Waals surface area contributed by atoms with Crippen molar-refractivity contribution in [3.63, 3.8) is 0 Å². The predicted molar refractivity (Wildman–Crippen MR) is 166 cm³/mol. The maximum Gasteiger partial charge on any atom is 0.271 e. The number of hydrogen-bond donors (Lipinski definition) is 0. The van der Waals surface area contributed by atoms with Crippen LogP contribution >= 0.6 is 34.7 Å². The SMILES string of the molecule is O=C1/C(=C/c2cccc(OCc3ccc(Cl)cc3)c2)S/C(=N/c2nc(-c3ccccc3)cs2)N1c1ccccc1. The van der Waals surface area contributed by atoms with Crippen LogP contribution in [0.4, 0.5) is 10.8 Å². The number of anilines is 1. The van der Waals surface area contributed by atoms with E-state index < -0.39 is 0 Å². The normalized spacial score (nSPS) is 15.2. The summed E-state index contributed by atoms with van der Waals surface area (Å²) in [6, 6.07) is 34.8. The molecule has 2 heterocycles. The van der Waals surface area contributed by atoms with Gasteiger partial charge in [-0.25, -0.2) is 4.98 Å². The van der Waals surface area contributed by atoms with E-state index >= 15 is 0 Å². The third kappa shape index (κ3) is 6.02. The van der Waals surface area contributed by atoms with E-state index in [9.17, 15) is 4.79 Å². The Bertz CT molecular complexity index is 1700. The highest BCUT2D eigenvalue weighted by atomic mass is 35.5. The molecule has 0 bridgehead atoms. The van der Waals surface area contributed by atoms with Crippen molar-refractivity contribution in [3.05, 3.63) is 136 Å². The maximum absolute atomic E-state index is 13.7. The lowest BCUT2D eigenvalue weighted by atomic mass is 10.2. The molecule has 196 valence electrons. The Balaban J connectivity index is 1.27. The lowest BCUT2D eigenvalue weighted by Gasteiger charge is -2.14. The number of thiazole rings is 1. The molecule has 4 aromatic carbocycles. The molecule has 1 fully saturated rings. The highest BCUT2D eigenvalue weighted by molar-refractivity contribution is 8.19. The second-order valence-electron chi connectivity index (χ2n) is 8.85. The van der Waals surface area contributed by atoms with Crippen molar-refractivity contribution in [2.45, 2.75) is 6.61 Å². The van der Waals surface area contributed by atoms with Crippen LogP contribution in [-0.2, 0) is 11.4 Å². The van der Waals surface area contributed by atoms with E-state index in [-0.39, 0.29) is 5.91 Å². The van der Waals surface area contributed by atoms with Gasteiger partial charge in [-0.15, -0.1) is 11.3 Å². The summed E-state index contributed by atoms with van der Waals surface area (Å²) in [6.07, 6.45) is 1.87. The number of aromatic nitrogens is 1. The van der Waals surface area contributed by atoms with Crippen LogP contribution in [0.2, 0.25) is 5.02 Å². The minimum absolute atomic E-state index is 0.137. The van der Waals surface area contributed by atoms with Gasteiger partial charge in [0.1, 0.15) is 12.4 Å². The number of ether oxygens (including phenoxy) is 1. The summed E-state index contributed by atoms with van der Waals surface area (Å²) in [6.45, 7) is 0.419. The van der Waals surface area contributed by atoms with E-state index in [4.69, 9.17) is 26.3 Å². The average molecular weight is 580 g/mol. The lowest BCUT2D eigenvalue weighted by molar-refractivity contribution is -0.113. The van der Waals surface area contributed by atoms with Gasteiger partial charge < -0.3 is 4.74 Å².